The Bertz CT molecular complexity index is 653. The van der Waals surface area contributed by atoms with E-state index < -0.39 is 0 Å². The highest BCUT2D eigenvalue weighted by atomic mass is 16.6. The van der Waals surface area contributed by atoms with E-state index in [1.54, 1.807) is 12.1 Å². The first-order chi connectivity index (χ1) is 13.1. The number of amides is 1. The molecule has 1 amide bonds. The van der Waals surface area contributed by atoms with Crippen molar-refractivity contribution in [1.82, 2.24) is 10.2 Å². The quantitative estimate of drug-likeness (QED) is 0.604. The van der Waals surface area contributed by atoms with E-state index in [2.05, 4.69) is 15.1 Å². The minimum atomic E-state index is -0.384. The molecule has 8 heteroatoms. The number of morpholine rings is 1. The number of carbonyl (C=O) groups excluding carboxylic acids is 1. The lowest BCUT2D eigenvalue weighted by Crippen LogP contribution is -2.41. The minimum Gasteiger partial charge on any atom is -0.379 e. The molecule has 2 aliphatic heterocycles. The number of rotatable bonds is 6. The number of hydrogen-bond donors (Lipinski definition) is 1. The van der Waals surface area contributed by atoms with Crippen LogP contribution in [0.15, 0.2) is 18.2 Å². The van der Waals surface area contributed by atoms with Gasteiger partial charge in [0.2, 0.25) is 0 Å². The number of benzene rings is 1. The number of anilines is 1. The van der Waals surface area contributed by atoms with E-state index in [-0.39, 0.29) is 16.5 Å². The molecule has 0 bridgehead atoms. The average Bonchev–Trinajstić information content (AvgIpc) is 2.97. The summed E-state index contributed by atoms with van der Waals surface area (Å²) in [5.74, 6) is -0.270. The molecule has 1 aromatic rings. The van der Waals surface area contributed by atoms with Crippen molar-refractivity contribution in [2.75, 3.05) is 57.4 Å². The van der Waals surface area contributed by atoms with Crippen LogP contribution in [0.1, 0.15) is 36.0 Å². The zero-order valence-corrected chi connectivity index (χ0v) is 15.7. The topological polar surface area (TPSA) is 88.0 Å². The van der Waals surface area contributed by atoms with Crippen LogP contribution in [-0.4, -0.2) is 68.2 Å². The Morgan fingerprint density at radius 2 is 1.81 bits per heavy atom. The third kappa shape index (κ3) is 5.40. The molecule has 148 valence electrons. The van der Waals surface area contributed by atoms with E-state index in [1.165, 1.54) is 6.07 Å². The van der Waals surface area contributed by atoms with Crippen molar-refractivity contribution in [3.63, 3.8) is 0 Å². The summed E-state index contributed by atoms with van der Waals surface area (Å²) in [4.78, 5) is 27.9. The Labute approximate surface area is 159 Å². The first-order valence-electron chi connectivity index (χ1n) is 9.77. The summed E-state index contributed by atoms with van der Waals surface area (Å²) in [6, 6.07) is 4.82. The van der Waals surface area contributed by atoms with Crippen LogP contribution < -0.4 is 10.2 Å². The Morgan fingerprint density at radius 1 is 1.11 bits per heavy atom. The third-order valence-corrected chi connectivity index (χ3v) is 5.20. The predicted octanol–water partition coefficient (Wildman–Crippen LogP) is 2.04. The molecule has 0 aliphatic carbocycles. The summed E-state index contributed by atoms with van der Waals surface area (Å²) in [6.45, 7) is 6.09. The Morgan fingerprint density at radius 3 is 2.48 bits per heavy atom. The maximum Gasteiger partial charge on any atom is 0.293 e. The van der Waals surface area contributed by atoms with Gasteiger partial charge in [0.15, 0.2) is 0 Å². The summed E-state index contributed by atoms with van der Waals surface area (Å²) >= 11 is 0. The van der Waals surface area contributed by atoms with Gasteiger partial charge in [-0.3, -0.25) is 19.8 Å². The largest absolute Gasteiger partial charge is 0.379 e. The number of hydrogen-bond acceptors (Lipinski definition) is 6. The van der Waals surface area contributed by atoms with E-state index in [4.69, 9.17) is 4.74 Å². The molecule has 2 aliphatic rings. The average molecular weight is 376 g/mol. The first kappa shape index (κ1) is 19.6. The van der Waals surface area contributed by atoms with Gasteiger partial charge in [0.25, 0.3) is 11.6 Å². The van der Waals surface area contributed by atoms with Crippen molar-refractivity contribution in [1.29, 1.82) is 0 Å². The second kappa shape index (κ2) is 9.66. The first-order valence-corrected chi connectivity index (χ1v) is 9.77. The molecule has 0 saturated carbocycles. The van der Waals surface area contributed by atoms with E-state index in [1.807, 2.05) is 0 Å². The molecule has 0 spiro atoms. The lowest BCUT2D eigenvalue weighted by atomic mass is 10.1. The second-order valence-electron chi connectivity index (χ2n) is 7.07. The van der Waals surface area contributed by atoms with Gasteiger partial charge in [0.05, 0.1) is 18.1 Å². The van der Waals surface area contributed by atoms with Crippen molar-refractivity contribution in [2.24, 2.45) is 0 Å². The van der Waals surface area contributed by atoms with Gasteiger partial charge in [-0.05, 0) is 25.0 Å². The number of carbonyl (C=O) groups is 1. The molecule has 3 rings (SSSR count). The van der Waals surface area contributed by atoms with Crippen molar-refractivity contribution < 1.29 is 14.5 Å². The van der Waals surface area contributed by atoms with E-state index in [0.717, 1.165) is 71.6 Å². The second-order valence-corrected chi connectivity index (χ2v) is 7.07. The van der Waals surface area contributed by atoms with E-state index >= 15 is 0 Å². The molecule has 2 fully saturated rings. The van der Waals surface area contributed by atoms with Gasteiger partial charge in [0, 0.05) is 50.9 Å². The molecule has 0 atom stereocenters. The summed E-state index contributed by atoms with van der Waals surface area (Å²) in [6.07, 6.45) is 4.41. The van der Waals surface area contributed by atoms with Crippen LogP contribution in [-0.2, 0) is 4.74 Å². The van der Waals surface area contributed by atoms with Crippen molar-refractivity contribution in [3.8, 4) is 0 Å². The molecule has 0 radical (unpaired) electrons. The summed E-state index contributed by atoms with van der Waals surface area (Å²) in [7, 11) is 0. The van der Waals surface area contributed by atoms with Crippen molar-refractivity contribution in [2.45, 2.75) is 25.7 Å². The smallest absolute Gasteiger partial charge is 0.293 e. The Hall–Kier alpha value is -2.19. The molecule has 1 N–H and O–H groups in total. The zero-order valence-electron chi connectivity index (χ0n) is 15.7. The molecule has 1 aromatic carbocycles. The lowest BCUT2D eigenvalue weighted by Gasteiger charge is -2.26. The Balaban J connectivity index is 1.63. The normalized spacial score (nSPS) is 18.7. The number of nitro groups is 1. The minimum absolute atomic E-state index is 0.0118. The summed E-state index contributed by atoms with van der Waals surface area (Å²) in [5, 5.41) is 14.4. The van der Waals surface area contributed by atoms with Gasteiger partial charge >= 0.3 is 0 Å². The maximum atomic E-state index is 12.4. The van der Waals surface area contributed by atoms with E-state index in [0.29, 0.717) is 17.8 Å². The highest BCUT2D eigenvalue weighted by molar-refractivity contribution is 5.95. The van der Waals surface area contributed by atoms with Gasteiger partial charge in [-0.15, -0.1) is 0 Å². The number of nitrogens with zero attached hydrogens (tertiary/aromatic N) is 3. The fourth-order valence-electron chi connectivity index (χ4n) is 3.64. The van der Waals surface area contributed by atoms with Crippen molar-refractivity contribution in [3.05, 3.63) is 33.9 Å². The third-order valence-electron chi connectivity index (χ3n) is 5.20. The molecule has 2 saturated heterocycles. The van der Waals surface area contributed by atoms with Gasteiger partial charge < -0.3 is 15.0 Å². The molecule has 8 nitrogen and oxygen atoms in total. The fraction of sp³-hybridized carbons (Fsp3) is 0.632. The van der Waals surface area contributed by atoms with Gasteiger partial charge in [-0.2, -0.15) is 0 Å². The highest BCUT2D eigenvalue weighted by Crippen LogP contribution is 2.31. The van der Waals surface area contributed by atoms with Crippen LogP contribution in [0.2, 0.25) is 0 Å². The fourth-order valence-corrected chi connectivity index (χ4v) is 3.64. The lowest BCUT2D eigenvalue weighted by molar-refractivity contribution is -0.384. The van der Waals surface area contributed by atoms with Crippen LogP contribution in [0.5, 0.6) is 0 Å². The van der Waals surface area contributed by atoms with Gasteiger partial charge in [0.1, 0.15) is 5.69 Å². The predicted molar refractivity (Wildman–Crippen MR) is 103 cm³/mol. The Kier molecular flexibility index (Phi) is 7.00. The maximum absolute atomic E-state index is 12.4. The SMILES string of the molecule is O=C(NCCN1CCOCC1)c1ccc(N2CCCCCC2)c([N+](=O)[O-])c1. The van der Waals surface area contributed by atoms with Crippen LogP contribution in [0.4, 0.5) is 11.4 Å². The van der Waals surface area contributed by atoms with Crippen LogP contribution in [0, 0.1) is 10.1 Å². The number of ether oxygens (including phenoxy) is 1. The molecular formula is C19H28N4O4. The van der Waals surface area contributed by atoms with E-state index in [9.17, 15) is 14.9 Å². The molecule has 2 heterocycles. The molecule has 0 unspecified atom stereocenters. The number of nitro benzene ring substituents is 1. The summed E-state index contributed by atoms with van der Waals surface area (Å²) < 4.78 is 5.30. The monoisotopic (exact) mass is 376 g/mol. The van der Waals surface area contributed by atoms with Gasteiger partial charge in [-0.1, -0.05) is 12.8 Å². The van der Waals surface area contributed by atoms with Crippen LogP contribution in [0.25, 0.3) is 0 Å². The molecule has 0 aromatic heterocycles. The standard InChI is InChI=1S/C19H28N4O4/c24-19(20-7-10-21-11-13-27-14-12-21)16-5-6-17(18(15-16)23(25)26)22-8-3-1-2-4-9-22/h5-6,15H,1-4,7-14H2,(H,20,24). The molecule has 27 heavy (non-hydrogen) atoms. The summed E-state index contributed by atoms with van der Waals surface area (Å²) in [5.41, 5.74) is 0.965. The molecular weight excluding hydrogens is 348 g/mol. The van der Waals surface area contributed by atoms with Crippen LogP contribution in [0.3, 0.4) is 0 Å². The highest BCUT2D eigenvalue weighted by Gasteiger charge is 2.22. The van der Waals surface area contributed by atoms with Crippen LogP contribution >= 0.6 is 0 Å². The van der Waals surface area contributed by atoms with Crippen molar-refractivity contribution >= 4 is 17.3 Å². The van der Waals surface area contributed by atoms with Gasteiger partial charge in [-0.25, -0.2) is 0 Å². The number of nitrogens with one attached hydrogen (secondary N) is 1. The zero-order chi connectivity index (χ0) is 19.1.